The SMILES string of the molecule is Cc1cccc(-c2nnc(S[C@@H](C)C(=O)N3CCOCC3)o2)c1. The van der Waals surface area contributed by atoms with Crippen molar-refractivity contribution in [1.82, 2.24) is 15.1 Å². The molecule has 1 aromatic carbocycles. The molecule has 1 aromatic heterocycles. The summed E-state index contributed by atoms with van der Waals surface area (Å²) in [4.78, 5) is 14.2. The zero-order chi connectivity index (χ0) is 16.2. The van der Waals surface area contributed by atoms with Crippen LogP contribution in [0, 0.1) is 6.92 Å². The molecule has 1 saturated heterocycles. The van der Waals surface area contributed by atoms with Crippen molar-refractivity contribution in [3.8, 4) is 11.5 Å². The van der Waals surface area contributed by atoms with Crippen molar-refractivity contribution in [2.24, 2.45) is 0 Å². The molecule has 0 N–H and O–H groups in total. The zero-order valence-corrected chi connectivity index (χ0v) is 14.0. The Hall–Kier alpha value is -1.86. The normalized spacial score (nSPS) is 16.3. The number of aryl methyl sites for hydroxylation is 1. The number of morpholine rings is 1. The van der Waals surface area contributed by atoms with Gasteiger partial charge in [0, 0.05) is 18.7 Å². The summed E-state index contributed by atoms with van der Waals surface area (Å²) in [6, 6.07) is 7.88. The minimum absolute atomic E-state index is 0.0774. The van der Waals surface area contributed by atoms with Crippen molar-refractivity contribution in [3.63, 3.8) is 0 Å². The van der Waals surface area contributed by atoms with Gasteiger partial charge in [0.05, 0.1) is 18.5 Å². The highest BCUT2D eigenvalue weighted by Gasteiger charge is 2.25. The maximum atomic E-state index is 12.4. The molecule has 0 unspecified atom stereocenters. The second-order valence-corrected chi connectivity index (χ2v) is 6.73. The van der Waals surface area contributed by atoms with Crippen LogP contribution in [0.4, 0.5) is 0 Å². The standard InChI is InChI=1S/C16H19N3O3S/c1-11-4-3-5-13(10-11)14-17-18-16(22-14)23-12(2)15(20)19-6-8-21-9-7-19/h3-5,10,12H,6-9H2,1-2H3/t12-/m0/s1. The molecule has 2 aromatic rings. The number of amides is 1. The van der Waals surface area contributed by atoms with Gasteiger partial charge in [-0.3, -0.25) is 4.79 Å². The molecule has 0 aliphatic carbocycles. The number of benzene rings is 1. The highest BCUT2D eigenvalue weighted by Crippen LogP contribution is 2.27. The topological polar surface area (TPSA) is 68.5 Å². The number of carbonyl (C=O) groups excluding carboxylic acids is 1. The second-order valence-electron chi connectivity index (χ2n) is 5.44. The van der Waals surface area contributed by atoms with Crippen LogP contribution in [0.2, 0.25) is 0 Å². The van der Waals surface area contributed by atoms with E-state index >= 15 is 0 Å². The Kier molecular flexibility index (Phi) is 4.97. The Morgan fingerprint density at radius 2 is 2.09 bits per heavy atom. The lowest BCUT2D eigenvalue weighted by molar-refractivity contribution is -0.134. The number of thioether (sulfide) groups is 1. The number of ether oxygens (including phenoxy) is 1. The Morgan fingerprint density at radius 1 is 1.30 bits per heavy atom. The van der Waals surface area contributed by atoms with Gasteiger partial charge in [0.2, 0.25) is 11.8 Å². The maximum absolute atomic E-state index is 12.4. The van der Waals surface area contributed by atoms with Gasteiger partial charge < -0.3 is 14.1 Å². The minimum Gasteiger partial charge on any atom is -0.411 e. The lowest BCUT2D eigenvalue weighted by Crippen LogP contribution is -2.44. The lowest BCUT2D eigenvalue weighted by atomic mass is 10.1. The molecule has 1 aliphatic heterocycles. The van der Waals surface area contributed by atoms with Crippen LogP contribution in [0.25, 0.3) is 11.5 Å². The summed E-state index contributed by atoms with van der Waals surface area (Å²) in [5.74, 6) is 0.552. The van der Waals surface area contributed by atoms with E-state index in [0.29, 0.717) is 37.4 Å². The Balaban J connectivity index is 1.65. The number of aromatic nitrogens is 2. The zero-order valence-electron chi connectivity index (χ0n) is 13.2. The molecule has 7 heteroatoms. The number of hydrogen-bond acceptors (Lipinski definition) is 6. The van der Waals surface area contributed by atoms with Gasteiger partial charge >= 0.3 is 0 Å². The average Bonchev–Trinajstić information content (AvgIpc) is 3.03. The molecule has 6 nitrogen and oxygen atoms in total. The summed E-state index contributed by atoms with van der Waals surface area (Å²) in [6.45, 7) is 6.35. The van der Waals surface area contributed by atoms with Crippen molar-refractivity contribution < 1.29 is 13.9 Å². The first kappa shape index (κ1) is 16.0. The van der Waals surface area contributed by atoms with E-state index in [0.717, 1.165) is 11.1 Å². The number of rotatable bonds is 4. The number of nitrogens with zero attached hydrogens (tertiary/aromatic N) is 3. The Bertz CT molecular complexity index is 683. The number of carbonyl (C=O) groups is 1. The summed E-state index contributed by atoms with van der Waals surface area (Å²) >= 11 is 1.29. The lowest BCUT2D eigenvalue weighted by Gasteiger charge is -2.28. The summed E-state index contributed by atoms with van der Waals surface area (Å²) < 4.78 is 10.9. The molecule has 0 radical (unpaired) electrons. The molecule has 1 atom stereocenters. The van der Waals surface area contributed by atoms with Crippen LogP contribution in [-0.2, 0) is 9.53 Å². The molecular weight excluding hydrogens is 314 g/mol. The highest BCUT2D eigenvalue weighted by molar-refractivity contribution is 8.00. The summed E-state index contributed by atoms with van der Waals surface area (Å²) in [6.07, 6.45) is 0. The molecular formula is C16H19N3O3S. The molecule has 0 spiro atoms. The van der Waals surface area contributed by atoms with E-state index in [1.165, 1.54) is 11.8 Å². The van der Waals surface area contributed by atoms with Gasteiger partial charge in [0.1, 0.15) is 0 Å². The maximum Gasteiger partial charge on any atom is 0.277 e. The van der Waals surface area contributed by atoms with Gasteiger partial charge in [-0.25, -0.2) is 0 Å². The third-order valence-electron chi connectivity index (χ3n) is 3.62. The van der Waals surface area contributed by atoms with E-state index in [4.69, 9.17) is 9.15 Å². The number of hydrogen-bond donors (Lipinski definition) is 0. The van der Waals surface area contributed by atoms with E-state index in [-0.39, 0.29) is 11.2 Å². The van der Waals surface area contributed by atoms with Crippen LogP contribution >= 0.6 is 11.8 Å². The van der Waals surface area contributed by atoms with Crippen molar-refractivity contribution in [2.45, 2.75) is 24.3 Å². The first-order chi connectivity index (χ1) is 11.1. The van der Waals surface area contributed by atoms with E-state index in [1.807, 2.05) is 43.0 Å². The fraction of sp³-hybridized carbons (Fsp3) is 0.438. The van der Waals surface area contributed by atoms with Crippen LogP contribution in [0.1, 0.15) is 12.5 Å². The van der Waals surface area contributed by atoms with Gasteiger partial charge in [-0.05, 0) is 26.0 Å². The van der Waals surface area contributed by atoms with Gasteiger partial charge in [-0.2, -0.15) is 0 Å². The second kappa shape index (κ2) is 7.14. The van der Waals surface area contributed by atoms with Crippen molar-refractivity contribution in [2.75, 3.05) is 26.3 Å². The van der Waals surface area contributed by atoms with Crippen molar-refractivity contribution in [3.05, 3.63) is 29.8 Å². The van der Waals surface area contributed by atoms with Gasteiger partial charge in [0.15, 0.2) is 0 Å². The van der Waals surface area contributed by atoms with Crippen LogP contribution in [0.15, 0.2) is 33.9 Å². The van der Waals surface area contributed by atoms with Crippen LogP contribution < -0.4 is 0 Å². The summed E-state index contributed by atoms with van der Waals surface area (Å²) in [7, 11) is 0. The molecule has 23 heavy (non-hydrogen) atoms. The molecule has 1 amide bonds. The van der Waals surface area contributed by atoms with Crippen LogP contribution in [-0.4, -0.2) is 52.6 Å². The molecule has 1 fully saturated rings. The van der Waals surface area contributed by atoms with E-state index in [9.17, 15) is 4.79 Å². The molecule has 122 valence electrons. The quantitative estimate of drug-likeness (QED) is 0.800. The van der Waals surface area contributed by atoms with Gasteiger partial charge in [-0.1, -0.05) is 29.5 Å². The minimum atomic E-state index is -0.265. The van der Waals surface area contributed by atoms with Crippen LogP contribution in [0.5, 0.6) is 0 Å². The Morgan fingerprint density at radius 3 is 2.83 bits per heavy atom. The largest absolute Gasteiger partial charge is 0.411 e. The van der Waals surface area contributed by atoms with E-state index < -0.39 is 0 Å². The highest BCUT2D eigenvalue weighted by atomic mass is 32.2. The molecule has 1 aliphatic rings. The monoisotopic (exact) mass is 333 g/mol. The van der Waals surface area contributed by atoms with E-state index in [2.05, 4.69) is 10.2 Å². The fourth-order valence-corrected chi connectivity index (χ4v) is 3.16. The molecule has 2 heterocycles. The van der Waals surface area contributed by atoms with E-state index in [1.54, 1.807) is 0 Å². The molecule has 3 rings (SSSR count). The fourth-order valence-electron chi connectivity index (χ4n) is 2.39. The third kappa shape index (κ3) is 3.92. The predicted molar refractivity (Wildman–Crippen MR) is 87.2 cm³/mol. The summed E-state index contributed by atoms with van der Waals surface area (Å²) in [5, 5.41) is 8.26. The molecule has 0 saturated carbocycles. The van der Waals surface area contributed by atoms with Crippen molar-refractivity contribution >= 4 is 17.7 Å². The average molecular weight is 333 g/mol. The Labute approximate surface area is 139 Å². The molecule has 0 bridgehead atoms. The third-order valence-corrected chi connectivity index (χ3v) is 4.54. The first-order valence-electron chi connectivity index (χ1n) is 7.57. The first-order valence-corrected chi connectivity index (χ1v) is 8.45. The smallest absolute Gasteiger partial charge is 0.277 e. The predicted octanol–water partition coefficient (Wildman–Crippen LogP) is 2.38. The van der Waals surface area contributed by atoms with Gasteiger partial charge in [-0.15, -0.1) is 10.2 Å². The van der Waals surface area contributed by atoms with Crippen molar-refractivity contribution in [1.29, 1.82) is 0 Å². The van der Waals surface area contributed by atoms with Crippen LogP contribution in [0.3, 0.4) is 0 Å². The summed E-state index contributed by atoms with van der Waals surface area (Å²) in [5.41, 5.74) is 2.02. The van der Waals surface area contributed by atoms with Gasteiger partial charge in [0.25, 0.3) is 5.22 Å².